The molecule has 90 valence electrons. The molecule has 0 saturated carbocycles. The summed E-state index contributed by atoms with van der Waals surface area (Å²) in [7, 11) is 0. The zero-order chi connectivity index (χ0) is 11.8. The summed E-state index contributed by atoms with van der Waals surface area (Å²) >= 11 is 0. The lowest BCUT2D eigenvalue weighted by atomic mass is 10.1. The van der Waals surface area contributed by atoms with Gasteiger partial charge in [-0.3, -0.25) is 4.79 Å². The van der Waals surface area contributed by atoms with Crippen molar-refractivity contribution < 1.29 is 9.90 Å². The van der Waals surface area contributed by atoms with Crippen LogP contribution in [0.5, 0.6) is 0 Å². The molecule has 2 aliphatic rings. The first-order valence-electron chi connectivity index (χ1n) is 6.04. The lowest BCUT2D eigenvalue weighted by molar-refractivity contribution is -0.136. The van der Waals surface area contributed by atoms with Gasteiger partial charge in [-0.05, 0) is 18.1 Å². The fourth-order valence-electron chi connectivity index (χ4n) is 2.96. The largest absolute Gasteiger partial charge is 0.481 e. The third-order valence-electron chi connectivity index (χ3n) is 3.70. The number of carbonyl (C=O) groups is 1. The third kappa shape index (κ3) is 1.89. The third-order valence-corrected chi connectivity index (χ3v) is 3.70. The van der Waals surface area contributed by atoms with E-state index in [-0.39, 0.29) is 6.42 Å². The van der Waals surface area contributed by atoms with E-state index in [1.165, 1.54) is 6.42 Å². The van der Waals surface area contributed by atoms with Gasteiger partial charge in [-0.2, -0.15) is 0 Å². The SMILES string of the molecule is O=C(O)Cc1ccccc1N1CC2CC1CN2. The molecule has 1 aromatic carbocycles. The molecular weight excluding hydrogens is 216 g/mol. The normalized spacial score (nSPS) is 26.5. The monoisotopic (exact) mass is 232 g/mol. The molecule has 2 fully saturated rings. The summed E-state index contributed by atoms with van der Waals surface area (Å²) in [6.07, 6.45) is 1.29. The molecule has 0 aliphatic carbocycles. The second-order valence-electron chi connectivity index (χ2n) is 4.85. The summed E-state index contributed by atoms with van der Waals surface area (Å²) in [6, 6.07) is 8.98. The van der Waals surface area contributed by atoms with Gasteiger partial charge in [0.25, 0.3) is 0 Å². The first kappa shape index (κ1) is 10.6. The van der Waals surface area contributed by atoms with Gasteiger partial charge in [-0.25, -0.2) is 0 Å². The number of carboxylic acids is 1. The molecular formula is C13H16N2O2. The minimum Gasteiger partial charge on any atom is -0.481 e. The number of aliphatic carboxylic acids is 1. The summed E-state index contributed by atoms with van der Waals surface area (Å²) in [5.41, 5.74) is 2.02. The van der Waals surface area contributed by atoms with Crippen LogP contribution < -0.4 is 10.2 Å². The van der Waals surface area contributed by atoms with Crippen LogP contribution in [0.25, 0.3) is 0 Å². The number of nitrogens with zero attached hydrogens (tertiary/aromatic N) is 1. The Kier molecular flexibility index (Phi) is 2.52. The summed E-state index contributed by atoms with van der Waals surface area (Å²) in [6.45, 7) is 2.02. The number of carboxylic acid groups (broad SMARTS) is 1. The first-order valence-corrected chi connectivity index (χ1v) is 6.04. The summed E-state index contributed by atoms with van der Waals surface area (Å²) in [5, 5.41) is 12.4. The van der Waals surface area contributed by atoms with Crippen LogP contribution in [0.15, 0.2) is 24.3 Å². The van der Waals surface area contributed by atoms with E-state index in [1.807, 2.05) is 24.3 Å². The second kappa shape index (κ2) is 4.04. The molecule has 0 radical (unpaired) electrons. The highest BCUT2D eigenvalue weighted by molar-refractivity contribution is 5.74. The maximum Gasteiger partial charge on any atom is 0.307 e. The van der Waals surface area contributed by atoms with Crippen LogP contribution in [0.3, 0.4) is 0 Å². The fourth-order valence-corrected chi connectivity index (χ4v) is 2.96. The van der Waals surface area contributed by atoms with Crippen molar-refractivity contribution in [2.75, 3.05) is 18.0 Å². The van der Waals surface area contributed by atoms with Crippen molar-refractivity contribution in [1.29, 1.82) is 0 Å². The maximum atomic E-state index is 10.9. The minimum atomic E-state index is -0.764. The van der Waals surface area contributed by atoms with Crippen LogP contribution in [-0.4, -0.2) is 36.2 Å². The van der Waals surface area contributed by atoms with Gasteiger partial charge in [-0.1, -0.05) is 18.2 Å². The number of hydrogen-bond donors (Lipinski definition) is 2. The number of piperazine rings is 1. The minimum absolute atomic E-state index is 0.109. The summed E-state index contributed by atoms with van der Waals surface area (Å²) < 4.78 is 0. The Balaban J connectivity index is 1.89. The van der Waals surface area contributed by atoms with E-state index >= 15 is 0 Å². The van der Waals surface area contributed by atoms with Crippen LogP contribution in [0.2, 0.25) is 0 Å². The number of anilines is 1. The summed E-state index contributed by atoms with van der Waals surface area (Å²) in [5.74, 6) is -0.764. The van der Waals surface area contributed by atoms with Crippen molar-refractivity contribution in [3.05, 3.63) is 29.8 Å². The smallest absolute Gasteiger partial charge is 0.307 e. The Bertz CT molecular complexity index is 447. The number of para-hydroxylation sites is 1. The molecule has 0 amide bonds. The fraction of sp³-hybridized carbons (Fsp3) is 0.462. The molecule has 2 heterocycles. The Morgan fingerprint density at radius 3 is 2.94 bits per heavy atom. The Morgan fingerprint density at radius 2 is 2.29 bits per heavy atom. The highest BCUT2D eigenvalue weighted by Gasteiger charge is 2.38. The predicted octanol–water partition coefficient (Wildman–Crippen LogP) is 0.864. The standard InChI is InChI=1S/C13H16N2O2/c16-13(17)5-9-3-1-2-4-12(9)15-8-10-6-11(15)7-14-10/h1-4,10-11,14H,5-8H2,(H,16,17). The van der Waals surface area contributed by atoms with Crippen molar-refractivity contribution in [3.63, 3.8) is 0 Å². The highest BCUT2D eigenvalue weighted by atomic mass is 16.4. The van der Waals surface area contributed by atoms with Gasteiger partial charge in [0.1, 0.15) is 0 Å². The average molecular weight is 232 g/mol. The van der Waals surface area contributed by atoms with E-state index < -0.39 is 5.97 Å². The molecule has 2 N–H and O–H groups in total. The molecule has 2 bridgehead atoms. The van der Waals surface area contributed by atoms with E-state index in [1.54, 1.807) is 0 Å². The molecule has 2 unspecified atom stereocenters. The van der Waals surface area contributed by atoms with Crippen LogP contribution in [-0.2, 0) is 11.2 Å². The Labute approximate surface area is 100 Å². The van der Waals surface area contributed by atoms with Crippen molar-refractivity contribution in [2.45, 2.75) is 24.9 Å². The number of nitrogens with one attached hydrogen (secondary N) is 1. The Morgan fingerprint density at radius 1 is 1.47 bits per heavy atom. The molecule has 3 rings (SSSR count). The lowest BCUT2D eigenvalue weighted by Gasteiger charge is -2.31. The van der Waals surface area contributed by atoms with Gasteiger partial charge < -0.3 is 15.3 Å². The van der Waals surface area contributed by atoms with Crippen molar-refractivity contribution in [1.82, 2.24) is 5.32 Å². The van der Waals surface area contributed by atoms with Crippen molar-refractivity contribution in [2.24, 2.45) is 0 Å². The molecule has 4 nitrogen and oxygen atoms in total. The highest BCUT2D eigenvalue weighted by Crippen LogP contribution is 2.31. The topological polar surface area (TPSA) is 52.6 Å². The lowest BCUT2D eigenvalue weighted by Crippen LogP contribution is -2.44. The van der Waals surface area contributed by atoms with Crippen LogP contribution in [0.1, 0.15) is 12.0 Å². The van der Waals surface area contributed by atoms with Gasteiger partial charge in [0.05, 0.1) is 6.42 Å². The van der Waals surface area contributed by atoms with Gasteiger partial charge >= 0.3 is 5.97 Å². The number of fused-ring (bicyclic) bond motifs is 2. The molecule has 2 aliphatic heterocycles. The maximum absolute atomic E-state index is 10.9. The van der Waals surface area contributed by atoms with E-state index in [0.29, 0.717) is 12.1 Å². The molecule has 17 heavy (non-hydrogen) atoms. The molecule has 4 heteroatoms. The average Bonchev–Trinajstić information content (AvgIpc) is 2.90. The van der Waals surface area contributed by atoms with Crippen LogP contribution in [0, 0.1) is 0 Å². The van der Waals surface area contributed by atoms with E-state index in [0.717, 1.165) is 24.3 Å². The number of rotatable bonds is 3. The van der Waals surface area contributed by atoms with Gasteiger partial charge in [0.15, 0.2) is 0 Å². The molecule has 2 atom stereocenters. The number of hydrogen-bond acceptors (Lipinski definition) is 3. The predicted molar refractivity (Wildman–Crippen MR) is 65.3 cm³/mol. The number of benzene rings is 1. The van der Waals surface area contributed by atoms with E-state index in [9.17, 15) is 4.79 Å². The van der Waals surface area contributed by atoms with Crippen LogP contribution >= 0.6 is 0 Å². The quantitative estimate of drug-likeness (QED) is 0.811. The molecule has 0 spiro atoms. The zero-order valence-electron chi connectivity index (χ0n) is 9.60. The molecule has 1 aromatic rings. The Hall–Kier alpha value is -1.55. The van der Waals surface area contributed by atoms with E-state index in [2.05, 4.69) is 10.2 Å². The van der Waals surface area contributed by atoms with Gasteiger partial charge in [-0.15, -0.1) is 0 Å². The van der Waals surface area contributed by atoms with Crippen molar-refractivity contribution in [3.8, 4) is 0 Å². The van der Waals surface area contributed by atoms with Gasteiger partial charge in [0, 0.05) is 30.9 Å². The molecule has 0 aromatic heterocycles. The molecule has 2 saturated heterocycles. The second-order valence-corrected chi connectivity index (χ2v) is 4.85. The van der Waals surface area contributed by atoms with Crippen molar-refractivity contribution >= 4 is 11.7 Å². The zero-order valence-corrected chi connectivity index (χ0v) is 9.60. The van der Waals surface area contributed by atoms with Gasteiger partial charge in [0.2, 0.25) is 0 Å². The van der Waals surface area contributed by atoms with Crippen LogP contribution in [0.4, 0.5) is 5.69 Å². The first-order chi connectivity index (χ1) is 8.24. The summed E-state index contributed by atoms with van der Waals surface area (Å²) in [4.78, 5) is 13.2. The van der Waals surface area contributed by atoms with E-state index in [4.69, 9.17) is 5.11 Å².